The summed E-state index contributed by atoms with van der Waals surface area (Å²) in [6.07, 6.45) is 1.07. The van der Waals surface area contributed by atoms with E-state index < -0.39 is 0 Å². The van der Waals surface area contributed by atoms with Gasteiger partial charge in [0.25, 0.3) is 0 Å². The lowest BCUT2D eigenvalue weighted by molar-refractivity contribution is 0.139. The highest BCUT2D eigenvalue weighted by Gasteiger charge is 2.21. The summed E-state index contributed by atoms with van der Waals surface area (Å²) in [4.78, 5) is 2.37. The Balaban J connectivity index is 1.69. The number of hydrogen-bond acceptors (Lipinski definition) is 3. The zero-order chi connectivity index (χ0) is 12.3. The number of aryl methyl sites for hydroxylation is 2. The number of likely N-dealkylation sites (tertiary alicyclic amines) is 1. The zero-order valence-electron chi connectivity index (χ0n) is 10.8. The molecule has 3 nitrogen and oxygen atoms in total. The first kappa shape index (κ1) is 12.4. The smallest absolute Gasteiger partial charge is 0.122 e. The number of rotatable bonds is 5. The molecule has 0 radical (unpaired) electrons. The van der Waals surface area contributed by atoms with E-state index in [0.717, 1.165) is 38.4 Å². The van der Waals surface area contributed by atoms with Crippen LogP contribution in [0.25, 0.3) is 0 Å². The van der Waals surface area contributed by atoms with Crippen LogP contribution in [0.3, 0.4) is 0 Å². The predicted molar refractivity (Wildman–Crippen MR) is 70.4 cm³/mol. The van der Waals surface area contributed by atoms with Crippen LogP contribution in [-0.4, -0.2) is 37.2 Å². The molecule has 1 aromatic rings. The first-order valence-corrected chi connectivity index (χ1v) is 6.33. The van der Waals surface area contributed by atoms with Crippen molar-refractivity contribution in [3.63, 3.8) is 0 Å². The van der Waals surface area contributed by atoms with Crippen LogP contribution in [0.2, 0.25) is 0 Å². The van der Waals surface area contributed by atoms with Gasteiger partial charge in [-0.05, 0) is 37.5 Å². The molecule has 1 aromatic carbocycles. The van der Waals surface area contributed by atoms with Gasteiger partial charge in [0, 0.05) is 25.7 Å². The molecule has 0 spiro atoms. The molecule has 1 fully saturated rings. The average molecular weight is 234 g/mol. The minimum Gasteiger partial charge on any atom is -0.493 e. The molecule has 1 aliphatic rings. The van der Waals surface area contributed by atoms with Crippen LogP contribution in [0.1, 0.15) is 17.5 Å². The fourth-order valence-corrected chi connectivity index (χ4v) is 2.13. The molecule has 0 saturated carbocycles. The average Bonchev–Trinajstić information content (AvgIpc) is 2.26. The first-order chi connectivity index (χ1) is 8.15. The molecular formula is C14H22N2O. The third-order valence-corrected chi connectivity index (χ3v) is 3.21. The van der Waals surface area contributed by atoms with Gasteiger partial charge in [0.2, 0.25) is 0 Å². The third kappa shape index (κ3) is 3.45. The van der Waals surface area contributed by atoms with E-state index in [2.05, 4.69) is 36.9 Å². The molecule has 1 saturated heterocycles. The molecule has 1 heterocycles. The number of nitrogens with zero attached hydrogens (tertiary/aromatic N) is 1. The SMILES string of the molecule is Cc1ccc(C)c(OCCCN2CC(N)C2)c1. The molecule has 0 aliphatic carbocycles. The molecule has 0 unspecified atom stereocenters. The van der Waals surface area contributed by atoms with E-state index in [-0.39, 0.29) is 0 Å². The Morgan fingerprint density at radius 3 is 2.82 bits per heavy atom. The van der Waals surface area contributed by atoms with Crippen molar-refractivity contribution in [2.24, 2.45) is 5.73 Å². The molecule has 0 amide bonds. The highest BCUT2D eigenvalue weighted by atomic mass is 16.5. The van der Waals surface area contributed by atoms with E-state index in [4.69, 9.17) is 10.5 Å². The second kappa shape index (κ2) is 5.52. The van der Waals surface area contributed by atoms with Crippen molar-refractivity contribution in [2.45, 2.75) is 26.3 Å². The summed E-state index contributed by atoms with van der Waals surface area (Å²) in [6.45, 7) is 8.15. The Hall–Kier alpha value is -1.06. The molecular weight excluding hydrogens is 212 g/mol. The minimum atomic E-state index is 0.398. The summed E-state index contributed by atoms with van der Waals surface area (Å²) in [5.41, 5.74) is 8.19. The Kier molecular flexibility index (Phi) is 4.02. The van der Waals surface area contributed by atoms with Crippen LogP contribution in [-0.2, 0) is 0 Å². The van der Waals surface area contributed by atoms with E-state index in [1.54, 1.807) is 0 Å². The van der Waals surface area contributed by atoms with Crippen molar-refractivity contribution in [2.75, 3.05) is 26.2 Å². The Bertz CT molecular complexity index is 372. The van der Waals surface area contributed by atoms with Gasteiger partial charge in [0.05, 0.1) is 6.61 Å². The molecule has 17 heavy (non-hydrogen) atoms. The molecule has 3 heteroatoms. The highest BCUT2D eigenvalue weighted by molar-refractivity contribution is 5.35. The zero-order valence-corrected chi connectivity index (χ0v) is 10.8. The lowest BCUT2D eigenvalue weighted by Crippen LogP contribution is -2.55. The number of hydrogen-bond donors (Lipinski definition) is 1. The van der Waals surface area contributed by atoms with E-state index in [1.165, 1.54) is 11.1 Å². The van der Waals surface area contributed by atoms with Gasteiger partial charge in [0.1, 0.15) is 5.75 Å². The van der Waals surface area contributed by atoms with Gasteiger partial charge in [0.15, 0.2) is 0 Å². The van der Waals surface area contributed by atoms with Crippen LogP contribution in [0.4, 0.5) is 0 Å². The van der Waals surface area contributed by atoms with Crippen molar-refractivity contribution in [1.29, 1.82) is 0 Å². The van der Waals surface area contributed by atoms with Crippen LogP contribution in [0, 0.1) is 13.8 Å². The summed E-state index contributed by atoms with van der Waals surface area (Å²) in [5.74, 6) is 1.02. The van der Waals surface area contributed by atoms with E-state index in [0.29, 0.717) is 6.04 Å². The molecule has 0 bridgehead atoms. The van der Waals surface area contributed by atoms with Gasteiger partial charge < -0.3 is 15.4 Å². The van der Waals surface area contributed by atoms with E-state index in [1.807, 2.05) is 0 Å². The van der Waals surface area contributed by atoms with Crippen LogP contribution >= 0.6 is 0 Å². The summed E-state index contributed by atoms with van der Waals surface area (Å²) >= 11 is 0. The maximum absolute atomic E-state index is 5.81. The Labute approximate surface area is 104 Å². The van der Waals surface area contributed by atoms with E-state index >= 15 is 0 Å². The van der Waals surface area contributed by atoms with Gasteiger partial charge in [-0.2, -0.15) is 0 Å². The number of ether oxygens (including phenoxy) is 1. The second-order valence-electron chi connectivity index (χ2n) is 4.99. The maximum Gasteiger partial charge on any atom is 0.122 e. The molecule has 2 rings (SSSR count). The van der Waals surface area contributed by atoms with Crippen LogP contribution in [0.5, 0.6) is 5.75 Å². The van der Waals surface area contributed by atoms with Gasteiger partial charge in [-0.1, -0.05) is 12.1 Å². The second-order valence-corrected chi connectivity index (χ2v) is 4.99. The van der Waals surface area contributed by atoms with Gasteiger partial charge in [-0.25, -0.2) is 0 Å². The van der Waals surface area contributed by atoms with Gasteiger partial charge >= 0.3 is 0 Å². The quantitative estimate of drug-likeness (QED) is 0.788. The lowest BCUT2D eigenvalue weighted by Gasteiger charge is -2.36. The monoisotopic (exact) mass is 234 g/mol. The summed E-state index contributed by atoms with van der Waals surface area (Å²) in [6, 6.07) is 6.73. The van der Waals surface area contributed by atoms with Crippen molar-refractivity contribution >= 4 is 0 Å². The van der Waals surface area contributed by atoms with E-state index in [9.17, 15) is 0 Å². The highest BCUT2D eigenvalue weighted by Crippen LogP contribution is 2.19. The predicted octanol–water partition coefficient (Wildman–Crippen LogP) is 1.72. The number of benzene rings is 1. The van der Waals surface area contributed by atoms with Crippen LogP contribution < -0.4 is 10.5 Å². The summed E-state index contributed by atoms with van der Waals surface area (Å²) in [5, 5.41) is 0. The lowest BCUT2D eigenvalue weighted by atomic mass is 10.1. The maximum atomic E-state index is 5.81. The van der Waals surface area contributed by atoms with Gasteiger partial charge in [-0.3, -0.25) is 0 Å². The largest absolute Gasteiger partial charge is 0.493 e. The normalized spacial score (nSPS) is 16.9. The standard InChI is InChI=1S/C14H22N2O/c1-11-4-5-12(2)14(8-11)17-7-3-6-16-9-13(15)10-16/h4-5,8,13H,3,6-7,9-10,15H2,1-2H3. The van der Waals surface area contributed by atoms with Crippen molar-refractivity contribution in [3.05, 3.63) is 29.3 Å². The minimum absolute atomic E-state index is 0.398. The van der Waals surface area contributed by atoms with Crippen LogP contribution in [0.15, 0.2) is 18.2 Å². The number of nitrogens with two attached hydrogens (primary N) is 1. The van der Waals surface area contributed by atoms with Crippen molar-refractivity contribution < 1.29 is 4.74 Å². The van der Waals surface area contributed by atoms with Crippen molar-refractivity contribution in [3.8, 4) is 5.75 Å². The summed E-state index contributed by atoms with van der Waals surface area (Å²) < 4.78 is 5.81. The molecule has 1 aliphatic heterocycles. The van der Waals surface area contributed by atoms with Crippen molar-refractivity contribution in [1.82, 2.24) is 4.90 Å². The first-order valence-electron chi connectivity index (χ1n) is 6.33. The molecule has 0 atom stereocenters. The third-order valence-electron chi connectivity index (χ3n) is 3.21. The molecule has 94 valence electrons. The fourth-order valence-electron chi connectivity index (χ4n) is 2.13. The molecule has 0 aromatic heterocycles. The van der Waals surface area contributed by atoms with Gasteiger partial charge in [-0.15, -0.1) is 0 Å². The Morgan fingerprint density at radius 2 is 2.12 bits per heavy atom. The summed E-state index contributed by atoms with van der Waals surface area (Å²) in [7, 11) is 0. The fraction of sp³-hybridized carbons (Fsp3) is 0.571. The molecule has 2 N–H and O–H groups in total. The Morgan fingerprint density at radius 1 is 1.35 bits per heavy atom. The topological polar surface area (TPSA) is 38.5 Å².